The van der Waals surface area contributed by atoms with Crippen LogP contribution in [0, 0.1) is 25.2 Å². The number of benzene rings is 3. The molecule has 0 radical (unpaired) electrons. The molecule has 0 aliphatic carbocycles. The van der Waals surface area contributed by atoms with E-state index in [1.165, 1.54) is 0 Å². The maximum atomic E-state index is 12.1. The number of aryl methyl sites for hydroxylation is 2. The number of para-hydroxylation sites is 1. The summed E-state index contributed by atoms with van der Waals surface area (Å²) in [7, 11) is 0. The van der Waals surface area contributed by atoms with E-state index >= 15 is 0 Å². The van der Waals surface area contributed by atoms with Gasteiger partial charge < -0.3 is 15.4 Å². The normalized spacial score (nSPS) is 10.1. The Hall–Kier alpha value is -4.11. The molecule has 2 amide bonds. The zero-order valence-electron chi connectivity index (χ0n) is 17.4. The first-order chi connectivity index (χ1) is 15.0. The number of hydrogen-bond acceptors (Lipinski definition) is 4. The predicted octanol–water partition coefficient (Wildman–Crippen LogP) is 3.98. The van der Waals surface area contributed by atoms with Gasteiger partial charge in [0.15, 0.2) is 6.61 Å². The molecule has 3 aromatic carbocycles. The van der Waals surface area contributed by atoms with Crippen LogP contribution in [0.15, 0.2) is 66.7 Å². The number of anilines is 1. The molecule has 0 heterocycles. The number of amides is 2. The van der Waals surface area contributed by atoms with Crippen molar-refractivity contribution in [2.75, 3.05) is 18.5 Å². The SMILES string of the molecule is Cc1cccc(C)c1NC(=O)CNC(=O)COc1ccc(-c2ccc(C#N)cc2)cc1. The second-order valence-electron chi connectivity index (χ2n) is 7.09. The summed E-state index contributed by atoms with van der Waals surface area (Å²) in [5.41, 5.74) is 5.26. The molecule has 6 nitrogen and oxygen atoms in total. The van der Waals surface area contributed by atoms with E-state index in [0.717, 1.165) is 27.9 Å². The van der Waals surface area contributed by atoms with Gasteiger partial charge in [-0.2, -0.15) is 5.26 Å². The first-order valence-corrected chi connectivity index (χ1v) is 9.82. The molecule has 0 saturated heterocycles. The molecule has 156 valence electrons. The highest BCUT2D eigenvalue weighted by molar-refractivity contribution is 5.95. The van der Waals surface area contributed by atoms with E-state index in [1.54, 1.807) is 24.3 Å². The predicted molar refractivity (Wildman–Crippen MR) is 120 cm³/mol. The van der Waals surface area contributed by atoms with Gasteiger partial charge in [-0.15, -0.1) is 0 Å². The molecule has 3 rings (SSSR count). The van der Waals surface area contributed by atoms with E-state index < -0.39 is 0 Å². The van der Waals surface area contributed by atoms with Crippen molar-refractivity contribution in [2.45, 2.75) is 13.8 Å². The quantitative estimate of drug-likeness (QED) is 0.613. The molecular weight excluding hydrogens is 390 g/mol. The smallest absolute Gasteiger partial charge is 0.258 e. The fourth-order valence-electron chi connectivity index (χ4n) is 3.05. The molecule has 2 N–H and O–H groups in total. The summed E-state index contributed by atoms with van der Waals surface area (Å²) in [5.74, 6) is -0.127. The van der Waals surface area contributed by atoms with Crippen LogP contribution >= 0.6 is 0 Å². The first kappa shape index (κ1) is 21.6. The third-order valence-electron chi connectivity index (χ3n) is 4.76. The summed E-state index contributed by atoms with van der Waals surface area (Å²) in [6, 6.07) is 22.5. The molecule has 0 saturated carbocycles. The summed E-state index contributed by atoms with van der Waals surface area (Å²) >= 11 is 0. The Labute approximate surface area is 181 Å². The summed E-state index contributed by atoms with van der Waals surface area (Å²) in [6.45, 7) is 3.52. The van der Waals surface area contributed by atoms with Crippen molar-refractivity contribution in [2.24, 2.45) is 0 Å². The van der Waals surface area contributed by atoms with Gasteiger partial charge in [0.1, 0.15) is 5.75 Å². The van der Waals surface area contributed by atoms with Gasteiger partial charge >= 0.3 is 0 Å². The van der Waals surface area contributed by atoms with Gasteiger partial charge in [0.2, 0.25) is 5.91 Å². The second kappa shape index (κ2) is 10.1. The van der Waals surface area contributed by atoms with E-state index in [1.807, 2.05) is 56.3 Å². The fraction of sp³-hybridized carbons (Fsp3) is 0.160. The van der Waals surface area contributed by atoms with E-state index in [9.17, 15) is 9.59 Å². The van der Waals surface area contributed by atoms with Gasteiger partial charge in [0, 0.05) is 5.69 Å². The van der Waals surface area contributed by atoms with Gasteiger partial charge in [0.25, 0.3) is 5.91 Å². The van der Waals surface area contributed by atoms with Crippen LogP contribution in [-0.4, -0.2) is 25.0 Å². The van der Waals surface area contributed by atoms with Crippen molar-refractivity contribution in [3.8, 4) is 22.9 Å². The zero-order valence-corrected chi connectivity index (χ0v) is 17.4. The highest BCUT2D eigenvalue weighted by Gasteiger charge is 2.10. The Morgan fingerprint density at radius 2 is 1.45 bits per heavy atom. The number of nitriles is 1. The minimum absolute atomic E-state index is 0.131. The van der Waals surface area contributed by atoms with Gasteiger partial charge in [-0.05, 0) is 60.4 Å². The summed E-state index contributed by atoms with van der Waals surface area (Å²) in [4.78, 5) is 24.1. The van der Waals surface area contributed by atoms with Gasteiger partial charge in [-0.1, -0.05) is 42.5 Å². The van der Waals surface area contributed by atoms with E-state index in [-0.39, 0.29) is 25.0 Å². The lowest BCUT2D eigenvalue weighted by atomic mass is 10.0. The second-order valence-corrected chi connectivity index (χ2v) is 7.09. The summed E-state index contributed by atoms with van der Waals surface area (Å²) in [5, 5.41) is 14.3. The molecule has 0 fully saturated rings. The Morgan fingerprint density at radius 1 is 0.871 bits per heavy atom. The molecule has 3 aromatic rings. The topological polar surface area (TPSA) is 91.2 Å². The van der Waals surface area contributed by atoms with Crippen molar-refractivity contribution in [1.82, 2.24) is 5.32 Å². The molecule has 0 bridgehead atoms. The monoisotopic (exact) mass is 413 g/mol. The molecule has 0 spiro atoms. The average Bonchev–Trinajstić information content (AvgIpc) is 2.79. The number of carbonyl (C=O) groups excluding carboxylic acids is 2. The van der Waals surface area contributed by atoms with Crippen LogP contribution in [0.3, 0.4) is 0 Å². The molecule has 6 heteroatoms. The average molecular weight is 413 g/mol. The van der Waals surface area contributed by atoms with Crippen molar-refractivity contribution < 1.29 is 14.3 Å². The van der Waals surface area contributed by atoms with Gasteiger partial charge in [-0.25, -0.2) is 0 Å². The number of nitrogens with zero attached hydrogens (tertiary/aromatic N) is 1. The molecule has 31 heavy (non-hydrogen) atoms. The van der Waals surface area contributed by atoms with Crippen molar-refractivity contribution >= 4 is 17.5 Å². The maximum absolute atomic E-state index is 12.1. The fourth-order valence-corrected chi connectivity index (χ4v) is 3.05. The molecular formula is C25H23N3O3. The molecule has 0 unspecified atom stereocenters. The Kier molecular flexibility index (Phi) is 7.02. The lowest BCUT2D eigenvalue weighted by Crippen LogP contribution is -2.36. The minimum atomic E-state index is -0.382. The van der Waals surface area contributed by atoms with Crippen LogP contribution in [0.4, 0.5) is 5.69 Å². The van der Waals surface area contributed by atoms with Crippen LogP contribution in [0.25, 0.3) is 11.1 Å². The lowest BCUT2D eigenvalue weighted by Gasteiger charge is -2.12. The first-order valence-electron chi connectivity index (χ1n) is 9.82. The van der Waals surface area contributed by atoms with Gasteiger partial charge in [0.05, 0.1) is 18.2 Å². The van der Waals surface area contributed by atoms with E-state index in [2.05, 4.69) is 16.7 Å². The van der Waals surface area contributed by atoms with Crippen LogP contribution < -0.4 is 15.4 Å². The van der Waals surface area contributed by atoms with Crippen molar-refractivity contribution in [1.29, 1.82) is 5.26 Å². The van der Waals surface area contributed by atoms with Crippen LogP contribution in [-0.2, 0) is 9.59 Å². The minimum Gasteiger partial charge on any atom is -0.484 e. The Balaban J connectivity index is 1.46. The third kappa shape index (κ3) is 5.94. The number of rotatable bonds is 7. The molecule has 0 atom stereocenters. The summed E-state index contributed by atoms with van der Waals surface area (Å²) < 4.78 is 5.50. The third-order valence-corrected chi connectivity index (χ3v) is 4.76. The van der Waals surface area contributed by atoms with E-state index in [4.69, 9.17) is 10.00 Å². The standard InChI is InChI=1S/C25H23N3O3/c1-17-4-3-5-18(2)25(17)28-23(29)15-27-24(30)16-31-22-12-10-21(11-13-22)20-8-6-19(14-26)7-9-20/h3-13H,15-16H2,1-2H3,(H,27,30)(H,28,29). The lowest BCUT2D eigenvalue weighted by molar-refractivity contribution is -0.125. The molecule has 0 aromatic heterocycles. The Bertz CT molecular complexity index is 1090. The van der Waals surface area contributed by atoms with Crippen LogP contribution in [0.2, 0.25) is 0 Å². The Morgan fingerprint density at radius 3 is 2.03 bits per heavy atom. The number of carbonyl (C=O) groups is 2. The molecule has 0 aliphatic heterocycles. The summed E-state index contributed by atoms with van der Waals surface area (Å²) in [6.07, 6.45) is 0. The largest absolute Gasteiger partial charge is 0.484 e. The van der Waals surface area contributed by atoms with Crippen LogP contribution in [0.5, 0.6) is 5.75 Å². The highest BCUT2D eigenvalue weighted by atomic mass is 16.5. The van der Waals surface area contributed by atoms with Crippen LogP contribution in [0.1, 0.15) is 16.7 Å². The molecule has 0 aliphatic rings. The zero-order chi connectivity index (χ0) is 22.2. The van der Waals surface area contributed by atoms with Crippen molar-refractivity contribution in [3.05, 3.63) is 83.4 Å². The maximum Gasteiger partial charge on any atom is 0.258 e. The highest BCUT2D eigenvalue weighted by Crippen LogP contribution is 2.23. The number of hydrogen-bond donors (Lipinski definition) is 2. The number of nitrogens with one attached hydrogen (secondary N) is 2. The number of ether oxygens (including phenoxy) is 1. The van der Waals surface area contributed by atoms with E-state index in [0.29, 0.717) is 11.3 Å². The van der Waals surface area contributed by atoms with Crippen molar-refractivity contribution in [3.63, 3.8) is 0 Å². The van der Waals surface area contributed by atoms with Gasteiger partial charge in [-0.3, -0.25) is 9.59 Å².